The molecule has 2 N–H and O–H groups in total. The first kappa shape index (κ1) is 23.4. The van der Waals surface area contributed by atoms with Gasteiger partial charge in [-0.15, -0.1) is 0 Å². The van der Waals surface area contributed by atoms with Gasteiger partial charge in [0.2, 0.25) is 0 Å². The number of aliphatic hydroxyl groups is 2. The van der Waals surface area contributed by atoms with Crippen molar-refractivity contribution in [1.29, 1.82) is 0 Å². The van der Waals surface area contributed by atoms with E-state index >= 15 is 0 Å². The summed E-state index contributed by atoms with van der Waals surface area (Å²) in [5, 5.41) is 21.6. The van der Waals surface area contributed by atoms with Crippen molar-refractivity contribution < 1.29 is 10.2 Å². The predicted octanol–water partition coefficient (Wildman–Crippen LogP) is 7.14. The molecule has 0 bridgehead atoms. The number of hydrogen-bond acceptors (Lipinski definition) is 2. The molecule has 8 atom stereocenters. The van der Waals surface area contributed by atoms with Crippen LogP contribution in [0.15, 0.2) is 11.6 Å². The summed E-state index contributed by atoms with van der Waals surface area (Å²) in [6, 6.07) is 0. The van der Waals surface area contributed by atoms with E-state index < -0.39 is 0 Å². The highest BCUT2D eigenvalue weighted by molar-refractivity contribution is 5.35. The van der Waals surface area contributed by atoms with Gasteiger partial charge in [-0.25, -0.2) is 0 Å². The second-order valence-corrected chi connectivity index (χ2v) is 15.2. The van der Waals surface area contributed by atoms with E-state index in [4.69, 9.17) is 0 Å². The highest BCUT2D eigenvalue weighted by Crippen LogP contribution is 2.74. The van der Waals surface area contributed by atoms with Gasteiger partial charge < -0.3 is 10.2 Å². The fourth-order valence-corrected chi connectivity index (χ4v) is 10.9. The van der Waals surface area contributed by atoms with E-state index in [2.05, 4.69) is 54.5 Å². The van der Waals surface area contributed by atoms with Crippen LogP contribution < -0.4 is 0 Å². The van der Waals surface area contributed by atoms with E-state index in [0.717, 1.165) is 18.8 Å². The summed E-state index contributed by atoms with van der Waals surface area (Å²) in [6.07, 6.45) is 14.6. The molecule has 0 amide bonds. The van der Waals surface area contributed by atoms with Crippen LogP contribution in [0, 0.1) is 50.2 Å². The smallest absolute Gasteiger partial charge is 0.0594 e. The summed E-state index contributed by atoms with van der Waals surface area (Å²) >= 11 is 0. The Hall–Kier alpha value is -0.340. The molecule has 0 unspecified atom stereocenters. The zero-order valence-corrected chi connectivity index (χ0v) is 22.1. The second kappa shape index (κ2) is 6.87. The molecule has 4 saturated carbocycles. The average Bonchev–Trinajstić information content (AvgIpc) is 2.71. The summed E-state index contributed by atoms with van der Waals surface area (Å²) < 4.78 is 0. The molecule has 0 heterocycles. The second-order valence-electron chi connectivity index (χ2n) is 15.2. The molecule has 0 saturated heterocycles. The summed E-state index contributed by atoms with van der Waals surface area (Å²) in [4.78, 5) is 0. The van der Waals surface area contributed by atoms with Crippen molar-refractivity contribution in [2.75, 3.05) is 6.61 Å². The Kier molecular flexibility index (Phi) is 5.02. The van der Waals surface area contributed by atoms with Crippen molar-refractivity contribution in [2.45, 2.75) is 119 Å². The number of hydrogen-bond donors (Lipinski definition) is 2. The lowest BCUT2D eigenvalue weighted by Crippen LogP contribution is -2.63. The van der Waals surface area contributed by atoms with Crippen LogP contribution >= 0.6 is 0 Å². The van der Waals surface area contributed by atoms with Gasteiger partial charge in [-0.05, 0) is 109 Å². The van der Waals surface area contributed by atoms with Gasteiger partial charge in [0.1, 0.15) is 0 Å². The molecular formula is C30H50O2. The van der Waals surface area contributed by atoms with Crippen LogP contribution in [0.4, 0.5) is 0 Å². The molecule has 4 fully saturated rings. The Balaban J connectivity index is 1.57. The zero-order chi connectivity index (χ0) is 23.4. The number of aliphatic hydroxyl groups excluding tert-OH is 2. The lowest BCUT2D eigenvalue weighted by atomic mass is 9.34. The van der Waals surface area contributed by atoms with Gasteiger partial charge in [-0.1, -0.05) is 60.1 Å². The van der Waals surface area contributed by atoms with Crippen LogP contribution in [0.3, 0.4) is 0 Å². The molecule has 0 radical (unpaired) electrons. The van der Waals surface area contributed by atoms with Crippen molar-refractivity contribution in [2.24, 2.45) is 50.2 Å². The van der Waals surface area contributed by atoms with Crippen LogP contribution in [0.5, 0.6) is 0 Å². The molecule has 5 aliphatic rings. The van der Waals surface area contributed by atoms with Gasteiger partial charge in [-0.3, -0.25) is 0 Å². The normalized spacial score (nSPS) is 53.8. The van der Waals surface area contributed by atoms with Crippen LogP contribution in [0.1, 0.15) is 113 Å². The molecule has 182 valence electrons. The average molecular weight is 443 g/mol. The Labute approximate surface area is 197 Å². The number of rotatable bonds is 1. The van der Waals surface area contributed by atoms with E-state index in [1.807, 2.05) is 0 Å². The largest absolute Gasteiger partial charge is 0.396 e. The summed E-state index contributed by atoms with van der Waals surface area (Å²) in [7, 11) is 0. The van der Waals surface area contributed by atoms with Crippen LogP contribution in [0.2, 0.25) is 0 Å². The SMILES string of the molecule is CC1(C)CC[C@]2(CO)CC=C3[C@]4(C)CC[C@H]5C(C)(C)[C@@H](O)CC[C@]5(C)[C@@H]4CC[C@@]3(C)[C@@H]2C1. The molecule has 0 aromatic rings. The molecule has 32 heavy (non-hydrogen) atoms. The minimum absolute atomic E-state index is 0.0233. The minimum Gasteiger partial charge on any atom is -0.396 e. The van der Waals surface area contributed by atoms with Crippen LogP contribution in [0.25, 0.3) is 0 Å². The van der Waals surface area contributed by atoms with E-state index in [0.29, 0.717) is 29.3 Å². The predicted molar refractivity (Wildman–Crippen MR) is 132 cm³/mol. The van der Waals surface area contributed by atoms with Crippen molar-refractivity contribution in [3.05, 3.63) is 11.6 Å². The fraction of sp³-hybridized carbons (Fsp3) is 0.933. The Morgan fingerprint density at radius 1 is 0.781 bits per heavy atom. The Morgan fingerprint density at radius 2 is 1.41 bits per heavy atom. The first-order valence-electron chi connectivity index (χ1n) is 13.8. The van der Waals surface area contributed by atoms with Gasteiger partial charge >= 0.3 is 0 Å². The Morgan fingerprint density at radius 3 is 2.06 bits per heavy atom. The highest BCUT2D eigenvalue weighted by Gasteiger charge is 2.67. The van der Waals surface area contributed by atoms with Crippen molar-refractivity contribution in [3.63, 3.8) is 0 Å². The quantitative estimate of drug-likeness (QED) is 0.424. The van der Waals surface area contributed by atoms with E-state index in [1.54, 1.807) is 5.57 Å². The maximum absolute atomic E-state index is 10.9. The monoisotopic (exact) mass is 442 g/mol. The first-order valence-corrected chi connectivity index (χ1v) is 13.8. The van der Waals surface area contributed by atoms with Crippen LogP contribution in [-0.4, -0.2) is 22.9 Å². The zero-order valence-electron chi connectivity index (χ0n) is 22.1. The molecule has 2 heteroatoms. The lowest BCUT2D eigenvalue weighted by molar-refractivity contribution is -0.186. The molecule has 0 aromatic heterocycles. The third-order valence-electron chi connectivity index (χ3n) is 12.8. The summed E-state index contributed by atoms with van der Waals surface area (Å²) in [5.74, 6) is 1.95. The minimum atomic E-state index is -0.151. The van der Waals surface area contributed by atoms with Crippen molar-refractivity contribution in [3.8, 4) is 0 Å². The third kappa shape index (κ3) is 2.84. The third-order valence-corrected chi connectivity index (χ3v) is 12.8. The highest BCUT2D eigenvalue weighted by atomic mass is 16.3. The van der Waals surface area contributed by atoms with Gasteiger partial charge in [0.25, 0.3) is 0 Å². The molecule has 0 aliphatic heterocycles. The molecule has 2 nitrogen and oxygen atoms in total. The standard InChI is InChI=1S/C30H50O2/c1-25(2)16-17-30(19-31)15-10-22-28(6)12-8-20-26(3,4)24(32)11-14-27(20,5)21(28)9-13-29(22,7)23(30)18-25/h10,20-21,23-24,31-32H,8-9,11-19H2,1-7H3/t20-,21-,23-,24-,27-,28+,29+,30-/m0/s1. The topological polar surface area (TPSA) is 40.5 Å². The first-order chi connectivity index (χ1) is 14.8. The molecular weight excluding hydrogens is 392 g/mol. The Bertz CT molecular complexity index is 810. The van der Waals surface area contributed by atoms with Gasteiger partial charge in [-0.2, -0.15) is 0 Å². The summed E-state index contributed by atoms with van der Waals surface area (Å²) in [6.45, 7) is 17.8. The van der Waals surface area contributed by atoms with Crippen molar-refractivity contribution in [1.82, 2.24) is 0 Å². The van der Waals surface area contributed by atoms with Crippen LogP contribution in [-0.2, 0) is 0 Å². The fourth-order valence-electron chi connectivity index (χ4n) is 10.9. The number of fused-ring (bicyclic) bond motifs is 7. The summed E-state index contributed by atoms with van der Waals surface area (Å²) in [5.41, 5.74) is 3.13. The maximum atomic E-state index is 10.9. The van der Waals surface area contributed by atoms with E-state index in [-0.39, 0.29) is 27.8 Å². The lowest BCUT2D eigenvalue weighted by Gasteiger charge is -2.70. The van der Waals surface area contributed by atoms with Gasteiger partial charge in [0.15, 0.2) is 0 Å². The molecule has 5 aliphatic carbocycles. The van der Waals surface area contributed by atoms with Gasteiger partial charge in [0.05, 0.1) is 6.10 Å². The molecule has 0 spiro atoms. The van der Waals surface area contributed by atoms with Crippen molar-refractivity contribution >= 4 is 0 Å². The number of allylic oxidation sites excluding steroid dienone is 2. The maximum Gasteiger partial charge on any atom is 0.0594 e. The van der Waals surface area contributed by atoms with Gasteiger partial charge in [0, 0.05) is 12.0 Å². The molecule has 5 rings (SSSR count). The van der Waals surface area contributed by atoms with E-state index in [9.17, 15) is 10.2 Å². The molecule has 0 aromatic carbocycles. The van der Waals surface area contributed by atoms with E-state index in [1.165, 1.54) is 51.4 Å².